The second-order valence-corrected chi connectivity index (χ2v) is 13.7. The van der Waals surface area contributed by atoms with E-state index in [0.29, 0.717) is 6.42 Å². The number of halogens is 1. The lowest BCUT2D eigenvalue weighted by molar-refractivity contribution is 0.0447. The van der Waals surface area contributed by atoms with Crippen molar-refractivity contribution in [2.45, 2.75) is 75.6 Å². The van der Waals surface area contributed by atoms with Gasteiger partial charge in [0, 0.05) is 17.7 Å². The molecule has 1 heterocycles. The molecule has 0 aromatic heterocycles. The molecule has 4 rings (SSSR count). The number of hydrogen-bond donors (Lipinski definition) is 2. The number of hydrogen-bond acceptors (Lipinski definition) is 7. The highest BCUT2D eigenvalue weighted by Crippen LogP contribution is 2.46. The van der Waals surface area contributed by atoms with Crippen molar-refractivity contribution in [3.63, 3.8) is 0 Å². The molecule has 3 atom stereocenters. The second kappa shape index (κ2) is 10.4. The number of methoxy groups -OCH3 is 1. The molecule has 2 aliphatic rings. The van der Waals surface area contributed by atoms with E-state index in [1.54, 1.807) is 34.8 Å². The van der Waals surface area contributed by atoms with Gasteiger partial charge in [-0.15, -0.1) is 0 Å². The number of nitrogen functional groups attached to an aromatic ring is 1. The molecule has 9 nitrogen and oxygen atoms in total. The number of anilines is 1. The molecule has 1 amide bonds. The summed E-state index contributed by atoms with van der Waals surface area (Å²) in [7, 11) is -2.39. The van der Waals surface area contributed by atoms with Crippen LogP contribution in [0.4, 0.5) is 14.9 Å². The molecule has 1 aliphatic heterocycles. The molecule has 1 spiro atoms. The van der Waals surface area contributed by atoms with E-state index >= 15 is 0 Å². The average molecular weight is 562 g/mol. The van der Waals surface area contributed by atoms with Crippen molar-refractivity contribution < 1.29 is 31.8 Å². The van der Waals surface area contributed by atoms with E-state index in [2.05, 4.69) is 10.3 Å². The van der Waals surface area contributed by atoms with Gasteiger partial charge in [-0.05, 0) is 76.4 Å². The zero-order valence-corrected chi connectivity index (χ0v) is 23.7. The summed E-state index contributed by atoms with van der Waals surface area (Å²) >= 11 is 0. The zero-order chi connectivity index (χ0) is 28.6. The third kappa shape index (κ3) is 6.04. The van der Waals surface area contributed by atoms with Gasteiger partial charge in [0.15, 0.2) is 9.84 Å². The van der Waals surface area contributed by atoms with E-state index in [4.69, 9.17) is 19.9 Å². The largest absolute Gasteiger partial charge is 0.497 e. The molecule has 0 bridgehead atoms. The minimum absolute atomic E-state index is 0.0668. The van der Waals surface area contributed by atoms with Crippen LogP contribution in [-0.4, -0.2) is 49.7 Å². The van der Waals surface area contributed by atoms with E-state index in [0.717, 1.165) is 11.3 Å². The Hall–Kier alpha value is -3.18. The van der Waals surface area contributed by atoms with Crippen LogP contribution in [0.1, 0.15) is 58.1 Å². The molecule has 1 saturated heterocycles. The number of sulfone groups is 1. The fourth-order valence-corrected chi connectivity index (χ4v) is 7.76. The van der Waals surface area contributed by atoms with Crippen molar-refractivity contribution >= 4 is 27.5 Å². The lowest BCUT2D eigenvalue weighted by atomic mass is 9.90. The standard InChI is InChI=1S/C28H36FN3O6S/c1-26(2,3)38-25(33)31-24-28(13-12-21(15-28)37-16-18-6-9-20(36-5)10-7-18)39(34,35)17-27(4,32-24)22-14-19(30)8-11-23(22)29/h6-11,14,21H,12-13,15-17,30H2,1-5H3,(H,31,32,33)/t21?,27-,28?/m0/s1. The number of carbonyl (C=O) groups is 1. The lowest BCUT2D eigenvalue weighted by Crippen LogP contribution is -2.66. The second-order valence-electron chi connectivity index (χ2n) is 11.4. The van der Waals surface area contributed by atoms with Crippen LogP contribution in [-0.2, 0) is 31.5 Å². The summed E-state index contributed by atoms with van der Waals surface area (Å²) in [4.78, 5) is 17.0. The number of benzene rings is 2. The van der Waals surface area contributed by atoms with Gasteiger partial charge < -0.3 is 25.3 Å². The number of ether oxygens (including phenoxy) is 3. The maximum absolute atomic E-state index is 15.0. The first-order chi connectivity index (χ1) is 18.2. The number of nitrogens with one attached hydrogen (secondary N) is 1. The molecule has 2 aromatic carbocycles. The van der Waals surface area contributed by atoms with Gasteiger partial charge in [-0.2, -0.15) is 4.99 Å². The van der Waals surface area contributed by atoms with Gasteiger partial charge in [0.25, 0.3) is 0 Å². The summed E-state index contributed by atoms with van der Waals surface area (Å²) in [5, 5.41) is 3.13. The van der Waals surface area contributed by atoms with Gasteiger partial charge in [0.2, 0.25) is 0 Å². The van der Waals surface area contributed by atoms with Crippen LogP contribution >= 0.6 is 0 Å². The highest BCUT2D eigenvalue weighted by molar-refractivity contribution is 7.93. The van der Waals surface area contributed by atoms with E-state index in [1.807, 2.05) is 24.3 Å². The Morgan fingerprint density at radius 1 is 1.21 bits per heavy atom. The fourth-order valence-electron chi connectivity index (χ4n) is 5.24. The summed E-state index contributed by atoms with van der Waals surface area (Å²) in [6, 6.07) is 11.4. The molecular weight excluding hydrogens is 525 g/mol. The Labute approximate surface area is 228 Å². The maximum atomic E-state index is 15.0. The third-order valence-corrected chi connectivity index (χ3v) is 9.87. The molecule has 2 aromatic rings. The summed E-state index contributed by atoms with van der Waals surface area (Å²) in [6.45, 7) is 6.92. The number of rotatable bonds is 5. The highest BCUT2D eigenvalue weighted by atomic mass is 32.2. The minimum atomic E-state index is -3.98. The van der Waals surface area contributed by atoms with Crippen LogP contribution in [0.2, 0.25) is 0 Å². The molecular formula is C28H36FN3O6S. The normalized spacial score (nSPS) is 27.3. The number of aliphatic imine (C=N–C) groups is 1. The van der Waals surface area contributed by atoms with Crippen molar-refractivity contribution in [2.24, 2.45) is 4.99 Å². The summed E-state index contributed by atoms with van der Waals surface area (Å²) < 4.78 is 58.2. The summed E-state index contributed by atoms with van der Waals surface area (Å²) in [6.07, 6.45) is -0.615. The lowest BCUT2D eigenvalue weighted by Gasteiger charge is -2.45. The monoisotopic (exact) mass is 561 g/mol. The number of carbonyl (C=O) groups excluding carboxylic acids is 1. The molecule has 1 saturated carbocycles. The van der Waals surface area contributed by atoms with Crippen molar-refractivity contribution in [3.8, 4) is 5.75 Å². The third-order valence-electron chi connectivity index (χ3n) is 7.15. The molecule has 0 radical (unpaired) electrons. The Balaban J connectivity index is 1.67. The van der Waals surface area contributed by atoms with Gasteiger partial charge in [0.05, 0.1) is 31.1 Å². The van der Waals surface area contributed by atoms with Gasteiger partial charge >= 0.3 is 6.09 Å². The smallest absolute Gasteiger partial charge is 0.435 e. The number of amides is 1. The van der Waals surface area contributed by atoms with E-state index in [1.165, 1.54) is 18.2 Å². The number of amidine groups is 1. The van der Waals surface area contributed by atoms with Gasteiger partial charge in [-0.25, -0.2) is 17.6 Å². The SMILES string of the molecule is COc1ccc(COC2CCC3(C2)/C(=N\C(=O)OC(C)(C)C)N[C@](C)(c2cc(N)ccc2F)CS3(=O)=O)cc1. The number of nitrogens with zero attached hydrogens (tertiary/aromatic N) is 1. The molecule has 1 aliphatic carbocycles. The Morgan fingerprint density at radius 2 is 1.90 bits per heavy atom. The predicted octanol–water partition coefficient (Wildman–Crippen LogP) is 4.49. The average Bonchev–Trinajstić information content (AvgIpc) is 3.28. The zero-order valence-electron chi connectivity index (χ0n) is 22.9. The van der Waals surface area contributed by atoms with Crippen LogP contribution in [0.25, 0.3) is 0 Å². The molecule has 2 unspecified atom stereocenters. The fraction of sp³-hybridized carbons (Fsp3) is 0.500. The topological polar surface area (TPSA) is 129 Å². The highest BCUT2D eigenvalue weighted by Gasteiger charge is 2.60. The van der Waals surface area contributed by atoms with Gasteiger partial charge in [-0.1, -0.05) is 12.1 Å². The van der Waals surface area contributed by atoms with Crippen molar-refractivity contribution in [3.05, 3.63) is 59.4 Å². The van der Waals surface area contributed by atoms with Crippen LogP contribution in [0, 0.1) is 5.82 Å². The molecule has 11 heteroatoms. The van der Waals surface area contributed by atoms with Crippen molar-refractivity contribution in [1.29, 1.82) is 0 Å². The molecule has 3 N–H and O–H groups in total. The van der Waals surface area contributed by atoms with Crippen LogP contribution < -0.4 is 15.8 Å². The van der Waals surface area contributed by atoms with Crippen LogP contribution in [0.15, 0.2) is 47.5 Å². The minimum Gasteiger partial charge on any atom is -0.497 e. The Morgan fingerprint density at radius 3 is 2.54 bits per heavy atom. The van der Waals surface area contributed by atoms with E-state index < -0.39 is 49.5 Å². The first-order valence-corrected chi connectivity index (χ1v) is 14.4. The first-order valence-electron chi connectivity index (χ1n) is 12.8. The molecule has 2 fully saturated rings. The predicted molar refractivity (Wildman–Crippen MR) is 147 cm³/mol. The van der Waals surface area contributed by atoms with Gasteiger partial charge in [0.1, 0.15) is 27.8 Å². The van der Waals surface area contributed by atoms with E-state index in [9.17, 15) is 17.6 Å². The molecule has 212 valence electrons. The van der Waals surface area contributed by atoms with Crippen molar-refractivity contribution in [2.75, 3.05) is 18.6 Å². The van der Waals surface area contributed by atoms with E-state index in [-0.39, 0.29) is 36.5 Å². The van der Waals surface area contributed by atoms with Crippen LogP contribution in [0.5, 0.6) is 5.75 Å². The maximum Gasteiger partial charge on any atom is 0.435 e. The number of nitrogens with two attached hydrogens (primary N) is 1. The first kappa shape index (κ1) is 28.8. The van der Waals surface area contributed by atoms with Gasteiger partial charge in [-0.3, -0.25) is 0 Å². The van der Waals surface area contributed by atoms with Crippen LogP contribution in [0.3, 0.4) is 0 Å². The Bertz CT molecular complexity index is 1370. The summed E-state index contributed by atoms with van der Waals surface area (Å²) in [5.41, 5.74) is 4.90. The summed E-state index contributed by atoms with van der Waals surface area (Å²) in [5.74, 6) is -0.378. The molecule has 39 heavy (non-hydrogen) atoms. The van der Waals surface area contributed by atoms with Crippen molar-refractivity contribution in [1.82, 2.24) is 5.32 Å². The Kier molecular flexibility index (Phi) is 7.70. The quantitative estimate of drug-likeness (QED) is 0.511.